The standard InChI is InChI=1S/C15H15ClN4O4S2/c1-3-6-20-8-10(16)13(17-20)14(21)18-26(23,24)9-4-5-11-12(7-9)25-15(22)19(11)2/h4-5,7-8H,3,6H2,1-2H3,(H,18,21). The van der Waals surface area contributed by atoms with Gasteiger partial charge in [-0.25, -0.2) is 13.1 Å². The molecule has 2 heterocycles. The number of nitrogens with one attached hydrogen (secondary N) is 1. The summed E-state index contributed by atoms with van der Waals surface area (Å²) in [5.74, 6) is -0.911. The van der Waals surface area contributed by atoms with Gasteiger partial charge in [0.25, 0.3) is 15.9 Å². The first kappa shape index (κ1) is 18.6. The Labute approximate surface area is 158 Å². The van der Waals surface area contributed by atoms with Crippen LogP contribution in [0.3, 0.4) is 0 Å². The van der Waals surface area contributed by atoms with Gasteiger partial charge in [0.1, 0.15) is 0 Å². The number of benzene rings is 1. The molecule has 0 atom stereocenters. The zero-order valence-electron chi connectivity index (χ0n) is 13.9. The molecule has 0 saturated carbocycles. The Bertz CT molecular complexity index is 1160. The maximum Gasteiger partial charge on any atom is 0.307 e. The number of hydrogen-bond acceptors (Lipinski definition) is 6. The quantitative estimate of drug-likeness (QED) is 0.687. The SMILES string of the molecule is CCCn1cc(Cl)c(C(=O)NS(=O)(=O)c2ccc3c(c2)sc(=O)n3C)n1. The zero-order valence-corrected chi connectivity index (χ0v) is 16.3. The first-order valence-electron chi connectivity index (χ1n) is 7.62. The Kier molecular flexibility index (Phi) is 4.91. The van der Waals surface area contributed by atoms with E-state index >= 15 is 0 Å². The summed E-state index contributed by atoms with van der Waals surface area (Å²) in [6.07, 6.45) is 2.26. The van der Waals surface area contributed by atoms with Gasteiger partial charge < -0.3 is 4.57 Å². The molecule has 11 heteroatoms. The minimum absolute atomic E-state index is 0.0721. The number of carbonyl (C=O) groups is 1. The first-order valence-corrected chi connectivity index (χ1v) is 10.3. The number of hydrogen-bond donors (Lipinski definition) is 1. The number of rotatable bonds is 5. The van der Waals surface area contributed by atoms with E-state index in [4.69, 9.17) is 11.6 Å². The molecule has 3 aromatic rings. The molecule has 1 N–H and O–H groups in total. The van der Waals surface area contributed by atoms with Gasteiger partial charge in [0.15, 0.2) is 5.69 Å². The van der Waals surface area contributed by atoms with E-state index in [0.29, 0.717) is 16.8 Å². The van der Waals surface area contributed by atoms with E-state index < -0.39 is 15.9 Å². The second-order valence-electron chi connectivity index (χ2n) is 5.58. The molecular formula is C15H15ClN4O4S2. The smallest absolute Gasteiger partial charge is 0.302 e. The maximum absolute atomic E-state index is 12.5. The summed E-state index contributed by atoms with van der Waals surface area (Å²) in [7, 11) is -2.53. The van der Waals surface area contributed by atoms with Crippen molar-refractivity contribution in [2.45, 2.75) is 24.8 Å². The van der Waals surface area contributed by atoms with Crippen LogP contribution in [0.4, 0.5) is 0 Å². The number of aryl methyl sites for hydroxylation is 2. The predicted molar refractivity (Wildman–Crippen MR) is 99.2 cm³/mol. The van der Waals surface area contributed by atoms with Crippen molar-refractivity contribution in [1.29, 1.82) is 0 Å². The minimum atomic E-state index is -4.13. The van der Waals surface area contributed by atoms with Crippen molar-refractivity contribution in [2.75, 3.05) is 0 Å². The minimum Gasteiger partial charge on any atom is -0.302 e. The van der Waals surface area contributed by atoms with Crippen LogP contribution in [0.1, 0.15) is 23.8 Å². The van der Waals surface area contributed by atoms with Gasteiger partial charge in [0.05, 0.1) is 20.1 Å². The average Bonchev–Trinajstić information content (AvgIpc) is 3.07. The third kappa shape index (κ3) is 3.39. The number of fused-ring (bicyclic) bond motifs is 1. The Morgan fingerprint density at radius 3 is 2.81 bits per heavy atom. The lowest BCUT2D eigenvalue weighted by atomic mass is 10.3. The van der Waals surface area contributed by atoms with E-state index in [9.17, 15) is 18.0 Å². The first-order chi connectivity index (χ1) is 12.2. The fourth-order valence-electron chi connectivity index (χ4n) is 2.41. The summed E-state index contributed by atoms with van der Waals surface area (Å²) in [5.41, 5.74) is 0.459. The monoisotopic (exact) mass is 414 g/mol. The van der Waals surface area contributed by atoms with Gasteiger partial charge in [-0.1, -0.05) is 29.9 Å². The summed E-state index contributed by atoms with van der Waals surface area (Å²) < 4.78 is 30.4. The predicted octanol–water partition coefficient (Wildman–Crippen LogP) is 1.98. The van der Waals surface area contributed by atoms with Crippen molar-refractivity contribution in [3.8, 4) is 0 Å². The van der Waals surface area contributed by atoms with Crippen LogP contribution in [0.5, 0.6) is 0 Å². The number of carbonyl (C=O) groups excluding carboxylic acids is 1. The van der Waals surface area contributed by atoms with Crippen LogP contribution in [-0.4, -0.2) is 28.7 Å². The average molecular weight is 415 g/mol. The van der Waals surface area contributed by atoms with E-state index in [1.54, 1.807) is 7.05 Å². The third-order valence-corrected chi connectivity index (χ3v) is 6.29. The van der Waals surface area contributed by atoms with Crippen LogP contribution >= 0.6 is 22.9 Å². The Balaban J connectivity index is 1.91. The lowest BCUT2D eigenvalue weighted by molar-refractivity contribution is 0.0976. The molecule has 0 bridgehead atoms. The van der Waals surface area contributed by atoms with Crippen LogP contribution in [-0.2, 0) is 23.6 Å². The van der Waals surface area contributed by atoms with E-state index in [1.807, 2.05) is 11.6 Å². The lowest BCUT2D eigenvalue weighted by Crippen LogP contribution is -2.31. The molecule has 0 fully saturated rings. The van der Waals surface area contributed by atoms with Crippen molar-refractivity contribution in [3.05, 3.63) is 44.8 Å². The third-order valence-electron chi connectivity index (χ3n) is 3.69. The van der Waals surface area contributed by atoms with E-state index in [2.05, 4.69) is 5.10 Å². The van der Waals surface area contributed by atoms with Crippen LogP contribution < -0.4 is 9.60 Å². The van der Waals surface area contributed by atoms with Gasteiger partial charge in [-0.15, -0.1) is 0 Å². The van der Waals surface area contributed by atoms with Gasteiger partial charge in [0.2, 0.25) is 0 Å². The molecule has 0 aliphatic rings. The summed E-state index contributed by atoms with van der Waals surface area (Å²) in [5, 5.41) is 4.08. The van der Waals surface area contributed by atoms with Gasteiger partial charge in [-0.2, -0.15) is 5.10 Å². The number of amides is 1. The van der Waals surface area contributed by atoms with E-state index in [1.165, 1.54) is 33.6 Å². The summed E-state index contributed by atoms with van der Waals surface area (Å²) >= 11 is 6.90. The molecule has 0 aliphatic heterocycles. The van der Waals surface area contributed by atoms with Gasteiger partial charge >= 0.3 is 4.87 Å². The highest BCUT2D eigenvalue weighted by Crippen LogP contribution is 2.21. The van der Waals surface area contributed by atoms with Crippen molar-refractivity contribution in [3.63, 3.8) is 0 Å². The zero-order chi connectivity index (χ0) is 19.1. The lowest BCUT2D eigenvalue weighted by Gasteiger charge is -2.06. The molecule has 3 rings (SSSR count). The van der Waals surface area contributed by atoms with E-state index in [0.717, 1.165) is 17.8 Å². The van der Waals surface area contributed by atoms with Crippen molar-refractivity contribution < 1.29 is 13.2 Å². The largest absolute Gasteiger partial charge is 0.307 e. The van der Waals surface area contributed by atoms with Crippen LogP contribution in [0.25, 0.3) is 10.2 Å². The number of sulfonamides is 1. The highest BCUT2D eigenvalue weighted by atomic mass is 35.5. The van der Waals surface area contributed by atoms with Gasteiger partial charge in [-0.3, -0.25) is 14.3 Å². The van der Waals surface area contributed by atoms with Crippen LogP contribution in [0.15, 0.2) is 34.1 Å². The normalized spacial score (nSPS) is 11.8. The molecule has 0 saturated heterocycles. The molecule has 26 heavy (non-hydrogen) atoms. The van der Waals surface area contributed by atoms with Crippen molar-refractivity contribution >= 4 is 49.1 Å². The molecule has 138 valence electrons. The molecule has 0 unspecified atom stereocenters. The Hall–Kier alpha value is -2.17. The topological polar surface area (TPSA) is 103 Å². The molecule has 2 aromatic heterocycles. The summed E-state index contributed by atoms with van der Waals surface area (Å²) in [6, 6.07) is 4.21. The second-order valence-corrected chi connectivity index (χ2v) is 8.66. The fraction of sp³-hybridized carbons (Fsp3) is 0.267. The van der Waals surface area contributed by atoms with Crippen molar-refractivity contribution in [2.24, 2.45) is 7.05 Å². The number of nitrogens with zero attached hydrogens (tertiary/aromatic N) is 3. The van der Waals surface area contributed by atoms with Gasteiger partial charge in [0, 0.05) is 19.8 Å². The van der Waals surface area contributed by atoms with Crippen LogP contribution in [0.2, 0.25) is 5.02 Å². The molecule has 0 aliphatic carbocycles. The molecule has 0 spiro atoms. The number of halogens is 1. The van der Waals surface area contributed by atoms with Crippen molar-refractivity contribution in [1.82, 2.24) is 19.1 Å². The molecule has 1 aromatic carbocycles. The van der Waals surface area contributed by atoms with Gasteiger partial charge in [-0.05, 0) is 24.6 Å². The van der Waals surface area contributed by atoms with E-state index in [-0.39, 0.29) is 20.5 Å². The number of aromatic nitrogens is 3. The summed E-state index contributed by atoms with van der Waals surface area (Å²) in [4.78, 5) is 23.7. The number of thiazole rings is 1. The second kappa shape index (κ2) is 6.86. The molecular weight excluding hydrogens is 400 g/mol. The Morgan fingerprint density at radius 2 is 2.12 bits per heavy atom. The molecule has 0 radical (unpaired) electrons. The fourth-order valence-corrected chi connectivity index (χ4v) is 4.61. The Morgan fingerprint density at radius 1 is 1.38 bits per heavy atom. The summed E-state index contributed by atoms with van der Waals surface area (Å²) in [6.45, 7) is 2.50. The van der Waals surface area contributed by atoms with Crippen LogP contribution in [0, 0.1) is 0 Å². The highest BCUT2D eigenvalue weighted by Gasteiger charge is 2.23. The highest BCUT2D eigenvalue weighted by molar-refractivity contribution is 7.90. The molecule has 8 nitrogen and oxygen atoms in total. The molecule has 1 amide bonds. The maximum atomic E-state index is 12.5.